The number of aromatic nitrogens is 3. The first-order valence-electron chi connectivity index (χ1n) is 10.0. The van der Waals surface area contributed by atoms with Crippen LogP contribution in [-0.4, -0.2) is 34.8 Å². The fraction of sp³-hybridized carbons (Fsp3) is 0.476. The predicted molar refractivity (Wildman–Crippen MR) is 113 cm³/mol. The number of allylic oxidation sites excluding steroid dienone is 1. The predicted octanol–water partition coefficient (Wildman–Crippen LogP) is 4.76. The van der Waals surface area contributed by atoms with Gasteiger partial charge in [-0.25, -0.2) is 0 Å². The molecule has 0 radical (unpaired) electrons. The molecule has 3 rings (SSSR count). The molecule has 6 nitrogen and oxygen atoms in total. The van der Waals surface area contributed by atoms with Gasteiger partial charge in [0.25, 0.3) is 0 Å². The standard InChI is InChI=1S/C21H30N6/c1-3-27(4-2)19-12-10-18(11-13-19)24-21-25-20(16-23-26-21)22-15-14-17-8-6-5-7-9-17/h8,10-13,16H,3-7,9,14-15H2,1-2H3,(H2,22,24,25,26). The molecule has 1 aromatic heterocycles. The summed E-state index contributed by atoms with van der Waals surface area (Å²) in [6, 6.07) is 8.32. The molecule has 1 aromatic carbocycles. The zero-order valence-electron chi connectivity index (χ0n) is 16.4. The lowest BCUT2D eigenvalue weighted by molar-refractivity contribution is 0.679. The summed E-state index contributed by atoms with van der Waals surface area (Å²) in [5.41, 5.74) is 3.73. The first-order chi connectivity index (χ1) is 13.3. The highest BCUT2D eigenvalue weighted by Gasteiger charge is 2.06. The summed E-state index contributed by atoms with van der Waals surface area (Å²) in [7, 11) is 0. The van der Waals surface area contributed by atoms with Gasteiger partial charge in [-0.2, -0.15) is 10.1 Å². The highest BCUT2D eigenvalue weighted by molar-refractivity contribution is 5.59. The van der Waals surface area contributed by atoms with Crippen molar-refractivity contribution in [3.05, 3.63) is 42.1 Å². The maximum atomic E-state index is 4.51. The van der Waals surface area contributed by atoms with E-state index in [0.717, 1.165) is 37.6 Å². The highest BCUT2D eigenvalue weighted by Crippen LogP contribution is 2.21. The molecular formula is C21H30N6. The molecule has 0 atom stereocenters. The van der Waals surface area contributed by atoms with E-state index in [1.807, 2.05) is 12.1 Å². The maximum absolute atomic E-state index is 4.51. The third kappa shape index (κ3) is 5.67. The summed E-state index contributed by atoms with van der Waals surface area (Å²) in [4.78, 5) is 6.83. The van der Waals surface area contributed by atoms with E-state index < -0.39 is 0 Å². The van der Waals surface area contributed by atoms with Gasteiger partial charge in [0.2, 0.25) is 5.95 Å². The number of anilines is 4. The fourth-order valence-corrected chi connectivity index (χ4v) is 3.40. The topological polar surface area (TPSA) is 66.0 Å². The lowest BCUT2D eigenvalue weighted by Gasteiger charge is -2.21. The highest BCUT2D eigenvalue weighted by atomic mass is 15.3. The van der Waals surface area contributed by atoms with Crippen LogP contribution < -0.4 is 15.5 Å². The second-order valence-electron chi connectivity index (χ2n) is 6.79. The lowest BCUT2D eigenvalue weighted by atomic mass is 9.97. The molecule has 0 aliphatic heterocycles. The Bertz CT molecular complexity index is 737. The van der Waals surface area contributed by atoms with Crippen LogP contribution in [0.4, 0.5) is 23.1 Å². The summed E-state index contributed by atoms with van der Waals surface area (Å²) in [6.07, 6.45) is 10.2. The van der Waals surface area contributed by atoms with Crippen LogP contribution in [0.2, 0.25) is 0 Å². The Morgan fingerprint density at radius 2 is 1.89 bits per heavy atom. The summed E-state index contributed by atoms with van der Waals surface area (Å²) >= 11 is 0. The Balaban J connectivity index is 1.54. The van der Waals surface area contributed by atoms with E-state index >= 15 is 0 Å². The van der Waals surface area contributed by atoms with E-state index in [-0.39, 0.29) is 0 Å². The van der Waals surface area contributed by atoms with Crippen molar-refractivity contribution in [2.45, 2.75) is 46.0 Å². The molecule has 1 aliphatic rings. The van der Waals surface area contributed by atoms with Gasteiger partial charge in [-0.15, -0.1) is 5.10 Å². The van der Waals surface area contributed by atoms with Gasteiger partial charge >= 0.3 is 0 Å². The smallest absolute Gasteiger partial charge is 0.249 e. The van der Waals surface area contributed by atoms with Gasteiger partial charge in [-0.05, 0) is 70.2 Å². The zero-order chi connectivity index (χ0) is 18.9. The van der Waals surface area contributed by atoms with Crippen molar-refractivity contribution >= 4 is 23.1 Å². The molecule has 0 amide bonds. The molecule has 0 saturated carbocycles. The average molecular weight is 367 g/mol. The van der Waals surface area contributed by atoms with Crippen LogP contribution in [0, 0.1) is 0 Å². The summed E-state index contributed by atoms with van der Waals surface area (Å²) in [5.74, 6) is 1.26. The quantitative estimate of drug-likeness (QED) is 0.624. The molecule has 1 aliphatic carbocycles. The summed E-state index contributed by atoms with van der Waals surface area (Å²) in [5, 5.41) is 14.7. The van der Waals surface area contributed by atoms with Crippen molar-refractivity contribution in [3.63, 3.8) is 0 Å². The molecule has 144 valence electrons. The Morgan fingerprint density at radius 1 is 1.07 bits per heavy atom. The minimum absolute atomic E-state index is 0.507. The number of hydrogen-bond acceptors (Lipinski definition) is 6. The molecule has 0 fully saturated rings. The van der Waals surface area contributed by atoms with Crippen LogP contribution in [-0.2, 0) is 0 Å². The van der Waals surface area contributed by atoms with Crippen LogP contribution >= 0.6 is 0 Å². The summed E-state index contributed by atoms with van der Waals surface area (Å²) in [6.45, 7) is 7.21. The van der Waals surface area contributed by atoms with Crippen LogP contribution in [0.5, 0.6) is 0 Å². The van der Waals surface area contributed by atoms with E-state index in [9.17, 15) is 0 Å². The molecule has 6 heteroatoms. The van der Waals surface area contributed by atoms with E-state index in [1.54, 1.807) is 11.8 Å². The van der Waals surface area contributed by atoms with Crippen LogP contribution in [0.15, 0.2) is 42.1 Å². The van der Waals surface area contributed by atoms with Gasteiger partial charge in [-0.1, -0.05) is 11.6 Å². The first kappa shape index (κ1) is 19.1. The van der Waals surface area contributed by atoms with Crippen molar-refractivity contribution < 1.29 is 0 Å². The Labute approximate surface area is 162 Å². The van der Waals surface area contributed by atoms with Gasteiger partial charge in [0.15, 0.2) is 5.82 Å². The minimum atomic E-state index is 0.507. The average Bonchev–Trinajstić information content (AvgIpc) is 2.71. The van der Waals surface area contributed by atoms with Gasteiger partial charge in [-0.3, -0.25) is 0 Å². The molecule has 0 bridgehead atoms. The van der Waals surface area contributed by atoms with E-state index in [1.165, 1.54) is 31.4 Å². The molecule has 2 N–H and O–H groups in total. The summed E-state index contributed by atoms with van der Waals surface area (Å²) < 4.78 is 0. The molecule has 0 unspecified atom stereocenters. The zero-order valence-corrected chi connectivity index (χ0v) is 16.4. The third-order valence-corrected chi connectivity index (χ3v) is 4.95. The van der Waals surface area contributed by atoms with Crippen molar-refractivity contribution in [1.29, 1.82) is 0 Å². The third-order valence-electron chi connectivity index (χ3n) is 4.95. The minimum Gasteiger partial charge on any atom is -0.372 e. The van der Waals surface area contributed by atoms with Crippen molar-refractivity contribution in [2.24, 2.45) is 0 Å². The normalized spacial score (nSPS) is 13.8. The number of rotatable bonds is 9. The molecule has 0 spiro atoms. The van der Waals surface area contributed by atoms with Gasteiger partial charge in [0.1, 0.15) is 0 Å². The molecule has 2 aromatic rings. The Morgan fingerprint density at radius 3 is 2.59 bits per heavy atom. The van der Waals surface area contributed by atoms with Gasteiger partial charge in [0.05, 0.1) is 6.20 Å². The monoisotopic (exact) mass is 366 g/mol. The number of nitrogens with zero attached hydrogens (tertiary/aromatic N) is 4. The van der Waals surface area contributed by atoms with Crippen LogP contribution in [0.3, 0.4) is 0 Å². The van der Waals surface area contributed by atoms with Crippen molar-refractivity contribution in [1.82, 2.24) is 15.2 Å². The molecule has 1 heterocycles. The maximum Gasteiger partial charge on any atom is 0.249 e. The lowest BCUT2D eigenvalue weighted by Crippen LogP contribution is -2.21. The second kappa shape index (κ2) is 9.90. The van der Waals surface area contributed by atoms with Crippen molar-refractivity contribution in [2.75, 3.05) is 35.2 Å². The molecule has 0 saturated heterocycles. The van der Waals surface area contributed by atoms with Crippen LogP contribution in [0.25, 0.3) is 0 Å². The van der Waals surface area contributed by atoms with Crippen molar-refractivity contribution in [3.8, 4) is 0 Å². The van der Waals surface area contributed by atoms with E-state index in [0.29, 0.717) is 5.95 Å². The largest absolute Gasteiger partial charge is 0.372 e. The van der Waals surface area contributed by atoms with E-state index in [4.69, 9.17) is 0 Å². The van der Waals surface area contributed by atoms with E-state index in [2.05, 4.69) is 62.8 Å². The van der Waals surface area contributed by atoms with Gasteiger partial charge < -0.3 is 15.5 Å². The molecule has 27 heavy (non-hydrogen) atoms. The second-order valence-corrected chi connectivity index (χ2v) is 6.79. The molecular weight excluding hydrogens is 336 g/mol. The Kier molecular flexibility index (Phi) is 7.02. The number of nitrogens with one attached hydrogen (secondary N) is 2. The number of hydrogen-bond donors (Lipinski definition) is 2. The van der Waals surface area contributed by atoms with Gasteiger partial charge in [0, 0.05) is 31.0 Å². The van der Waals surface area contributed by atoms with Crippen LogP contribution in [0.1, 0.15) is 46.0 Å². The first-order valence-corrected chi connectivity index (χ1v) is 10.0. The Hall–Kier alpha value is -2.63. The SMILES string of the molecule is CCN(CC)c1ccc(Nc2nncc(NCCC3=CCCCC3)n2)cc1. The fourth-order valence-electron chi connectivity index (χ4n) is 3.40. The number of benzene rings is 1.